The Morgan fingerprint density at radius 2 is 2.04 bits per heavy atom. The van der Waals surface area contributed by atoms with Gasteiger partial charge in [0.05, 0.1) is 18.2 Å². The summed E-state index contributed by atoms with van der Waals surface area (Å²) in [7, 11) is 0. The number of carbonyl (C=O) groups is 1. The lowest BCUT2D eigenvalue weighted by atomic mass is 10.1. The van der Waals surface area contributed by atoms with E-state index in [-0.39, 0.29) is 11.8 Å². The van der Waals surface area contributed by atoms with Gasteiger partial charge >= 0.3 is 6.18 Å². The van der Waals surface area contributed by atoms with Gasteiger partial charge in [-0.1, -0.05) is 6.92 Å². The van der Waals surface area contributed by atoms with E-state index in [1.54, 1.807) is 36.1 Å². The Kier molecular flexibility index (Phi) is 5.84. The maximum Gasteiger partial charge on any atom is 0.401 e. The highest BCUT2D eigenvalue weighted by atomic mass is 19.4. The van der Waals surface area contributed by atoms with E-state index in [4.69, 9.17) is 5.26 Å². The average molecular weight is 339 g/mol. The van der Waals surface area contributed by atoms with Gasteiger partial charge in [-0.15, -0.1) is 0 Å². The number of hydrogen-bond acceptors (Lipinski definition) is 3. The molecule has 1 atom stereocenters. The number of alkyl halides is 3. The molecule has 1 aromatic rings. The molecule has 1 fully saturated rings. The predicted molar refractivity (Wildman–Crippen MR) is 83.3 cm³/mol. The van der Waals surface area contributed by atoms with Gasteiger partial charge in [0.2, 0.25) is 0 Å². The Bertz CT molecular complexity index is 607. The molecule has 0 unspecified atom stereocenters. The van der Waals surface area contributed by atoms with Gasteiger partial charge in [-0.3, -0.25) is 9.69 Å². The number of benzene rings is 1. The minimum absolute atomic E-state index is 0.0506. The maximum atomic E-state index is 12.5. The van der Waals surface area contributed by atoms with Crippen molar-refractivity contribution in [1.29, 1.82) is 5.26 Å². The molecular weight excluding hydrogens is 319 g/mol. The largest absolute Gasteiger partial charge is 0.401 e. The first-order valence-corrected chi connectivity index (χ1v) is 7.91. The first-order valence-electron chi connectivity index (χ1n) is 7.91. The molecule has 1 aliphatic heterocycles. The van der Waals surface area contributed by atoms with Crippen LogP contribution in [0.2, 0.25) is 0 Å². The number of rotatable bonds is 5. The topological polar surface area (TPSA) is 47.3 Å². The first kappa shape index (κ1) is 18.3. The quantitative estimate of drug-likeness (QED) is 0.829. The number of amides is 1. The molecule has 1 saturated heterocycles. The summed E-state index contributed by atoms with van der Waals surface area (Å²) in [5.74, 6) is -0.0875. The van der Waals surface area contributed by atoms with Gasteiger partial charge in [-0.05, 0) is 43.1 Å². The van der Waals surface area contributed by atoms with Crippen molar-refractivity contribution in [2.75, 3.05) is 32.7 Å². The molecule has 1 aliphatic rings. The molecule has 4 nitrogen and oxygen atoms in total. The lowest BCUT2D eigenvalue weighted by Gasteiger charge is -2.25. The first-order chi connectivity index (χ1) is 11.3. The Balaban J connectivity index is 1.92. The normalized spacial score (nSPS) is 18.0. The van der Waals surface area contributed by atoms with Gasteiger partial charge < -0.3 is 4.90 Å². The van der Waals surface area contributed by atoms with Crippen LogP contribution in [0, 0.1) is 17.2 Å². The van der Waals surface area contributed by atoms with Gasteiger partial charge in [-0.2, -0.15) is 18.4 Å². The minimum Gasteiger partial charge on any atom is -0.338 e. The van der Waals surface area contributed by atoms with Crippen LogP contribution < -0.4 is 0 Å². The number of halogens is 3. The van der Waals surface area contributed by atoms with Crippen molar-refractivity contribution in [2.45, 2.75) is 19.5 Å². The van der Waals surface area contributed by atoms with E-state index in [0.717, 1.165) is 0 Å². The van der Waals surface area contributed by atoms with Crippen LogP contribution in [0.3, 0.4) is 0 Å². The van der Waals surface area contributed by atoms with Crippen LogP contribution in [0.4, 0.5) is 13.2 Å². The number of nitriles is 1. The fourth-order valence-electron chi connectivity index (χ4n) is 2.96. The van der Waals surface area contributed by atoms with E-state index < -0.39 is 12.7 Å². The Morgan fingerprint density at radius 3 is 2.58 bits per heavy atom. The van der Waals surface area contributed by atoms with E-state index in [9.17, 15) is 18.0 Å². The highest BCUT2D eigenvalue weighted by molar-refractivity contribution is 5.94. The van der Waals surface area contributed by atoms with Crippen LogP contribution in [0.1, 0.15) is 29.3 Å². The van der Waals surface area contributed by atoms with Crippen molar-refractivity contribution in [3.63, 3.8) is 0 Å². The van der Waals surface area contributed by atoms with Crippen molar-refractivity contribution in [3.8, 4) is 6.07 Å². The molecule has 0 aliphatic carbocycles. The zero-order valence-electron chi connectivity index (χ0n) is 13.5. The average Bonchev–Trinajstić information content (AvgIpc) is 3.01. The lowest BCUT2D eigenvalue weighted by Crippen LogP contribution is -2.38. The SMILES string of the molecule is CCN(C[C@H]1CCN(C(=O)c2ccc(C#N)cc2)C1)CC(F)(F)F. The molecular formula is C17H20F3N3O. The third-order valence-corrected chi connectivity index (χ3v) is 4.20. The fourth-order valence-corrected chi connectivity index (χ4v) is 2.96. The van der Waals surface area contributed by atoms with E-state index in [1.807, 2.05) is 6.07 Å². The third kappa shape index (κ3) is 4.96. The molecule has 1 heterocycles. The molecule has 0 radical (unpaired) electrons. The van der Waals surface area contributed by atoms with Gasteiger partial charge in [0.25, 0.3) is 5.91 Å². The monoisotopic (exact) mass is 339 g/mol. The summed E-state index contributed by atoms with van der Waals surface area (Å²) in [6.07, 6.45) is -3.50. The fraction of sp³-hybridized carbons (Fsp3) is 0.529. The second kappa shape index (κ2) is 7.67. The summed E-state index contributed by atoms with van der Waals surface area (Å²) in [5, 5.41) is 8.77. The second-order valence-corrected chi connectivity index (χ2v) is 6.04. The van der Waals surface area contributed by atoms with Crippen LogP contribution in [-0.4, -0.2) is 54.6 Å². The Labute approximate surface area is 139 Å². The number of likely N-dealkylation sites (tertiary alicyclic amines) is 1. The molecule has 0 N–H and O–H groups in total. The van der Waals surface area contributed by atoms with Crippen LogP contribution in [0.25, 0.3) is 0 Å². The van der Waals surface area contributed by atoms with Crippen LogP contribution in [-0.2, 0) is 0 Å². The van der Waals surface area contributed by atoms with Crippen LogP contribution >= 0.6 is 0 Å². The smallest absolute Gasteiger partial charge is 0.338 e. The van der Waals surface area contributed by atoms with Crippen LogP contribution in [0.5, 0.6) is 0 Å². The minimum atomic E-state index is -4.20. The number of hydrogen-bond donors (Lipinski definition) is 0. The van der Waals surface area contributed by atoms with E-state index in [0.29, 0.717) is 43.7 Å². The Hall–Kier alpha value is -2.07. The van der Waals surface area contributed by atoms with Crippen molar-refractivity contribution >= 4 is 5.91 Å². The van der Waals surface area contributed by atoms with Crippen molar-refractivity contribution in [3.05, 3.63) is 35.4 Å². The summed E-state index contributed by atoms with van der Waals surface area (Å²) in [6.45, 7) is 2.48. The molecule has 1 amide bonds. The number of carbonyl (C=O) groups excluding carboxylic acids is 1. The summed E-state index contributed by atoms with van der Waals surface area (Å²) < 4.78 is 37.6. The molecule has 0 aromatic heterocycles. The second-order valence-electron chi connectivity index (χ2n) is 6.04. The molecule has 0 saturated carbocycles. The summed E-state index contributed by atoms with van der Waals surface area (Å²) in [5.41, 5.74) is 0.980. The highest BCUT2D eigenvalue weighted by Gasteiger charge is 2.33. The van der Waals surface area contributed by atoms with E-state index >= 15 is 0 Å². The molecule has 0 bridgehead atoms. The summed E-state index contributed by atoms with van der Waals surface area (Å²) in [6, 6.07) is 8.38. The van der Waals surface area contributed by atoms with E-state index in [1.165, 1.54) is 4.90 Å². The van der Waals surface area contributed by atoms with Gasteiger partial charge in [-0.25, -0.2) is 0 Å². The van der Waals surface area contributed by atoms with Crippen molar-refractivity contribution < 1.29 is 18.0 Å². The maximum absolute atomic E-state index is 12.5. The third-order valence-electron chi connectivity index (χ3n) is 4.20. The van der Waals surface area contributed by atoms with Crippen molar-refractivity contribution in [2.24, 2.45) is 5.92 Å². The predicted octanol–water partition coefficient (Wildman–Crippen LogP) is 2.90. The lowest BCUT2D eigenvalue weighted by molar-refractivity contribution is -0.146. The van der Waals surface area contributed by atoms with Gasteiger partial charge in [0.15, 0.2) is 0 Å². The summed E-state index contributed by atoms with van der Waals surface area (Å²) in [4.78, 5) is 15.5. The molecule has 0 spiro atoms. The van der Waals surface area contributed by atoms with Crippen molar-refractivity contribution in [1.82, 2.24) is 9.80 Å². The molecule has 130 valence electrons. The summed E-state index contributed by atoms with van der Waals surface area (Å²) >= 11 is 0. The van der Waals surface area contributed by atoms with Gasteiger partial charge in [0, 0.05) is 25.2 Å². The standard InChI is InChI=1S/C17H20F3N3O/c1-2-22(12-17(18,19)20)10-14-7-8-23(11-14)16(24)15-5-3-13(9-21)4-6-15/h3-6,14H,2,7-8,10-12H2,1H3/t14-/m1/s1. The molecule has 7 heteroatoms. The zero-order valence-corrected chi connectivity index (χ0v) is 13.5. The molecule has 2 rings (SSSR count). The molecule has 24 heavy (non-hydrogen) atoms. The van der Waals surface area contributed by atoms with Gasteiger partial charge in [0.1, 0.15) is 0 Å². The highest BCUT2D eigenvalue weighted by Crippen LogP contribution is 2.22. The molecule has 1 aromatic carbocycles. The number of nitrogens with zero attached hydrogens (tertiary/aromatic N) is 3. The Morgan fingerprint density at radius 1 is 1.38 bits per heavy atom. The van der Waals surface area contributed by atoms with Crippen LogP contribution in [0.15, 0.2) is 24.3 Å². The van der Waals surface area contributed by atoms with E-state index in [2.05, 4.69) is 0 Å². The zero-order chi connectivity index (χ0) is 17.7.